The lowest BCUT2D eigenvalue weighted by atomic mass is 9.83. The molecule has 1 saturated heterocycles. The predicted molar refractivity (Wildman–Crippen MR) is 169 cm³/mol. The van der Waals surface area contributed by atoms with E-state index in [9.17, 15) is 13.2 Å². The van der Waals surface area contributed by atoms with Crippen LogP contribution >= 0.6 is 12.4 Å². The van der Waals surface area contributed by atoms with Crippen molar-refractivity contribution >= 4 is 34.1 Å². The van der Waals surface area contributed by atoms with Crippen LogP contribution in [0.4, 0.5) is 10.5 Å². The Kier molecular flexibility index (Phi) is 12.2. The van der Waals surface area contributed by atoms with E-state index in [-0.39, 0.29) is 24.0 Å². The Morgan fingerprint density at radius 1 is 1.00 bits per heavy atom. The molecule has 228 valence electrons. The van der Waals surface area contributed by atoms with Crippen LogP contribution in [-0.2, 0) is 16.6 Å². The van der Waals surface area contributed by atoms with Crippen molar-refractivity contribution in [3.05, 3.63) is 54.1 Å². The molecule has 1 saturated carbocycles. The van der Waals surface area contributed by atoms with E-state index in [1.165, 1.54) is 24.8 Å². The van der Waals surface area contributed by atoms with Crippen LogP contribution in [0.15, 0.2) is 48.5 Å². The van der Waals surface area contributed by atoms with Crippen molar-refractivity contribution in [3.63, 3.8) is 0 Å². The molecular weight excluding hydrogens is 560 g/mol. The molecule has 2 aromatic rings. The van der Waals surface area contributed by atoms with Crippen molar-refractivity contribution in [2.45, 2.75) is 89.8 Å². The van der Waals surface area contributed by atoms with Gasteiger partial charge in [0.25, 0.3) is 0 Å². The Balaban J connectivity index is 0.00000462. The van der Waals surface area contributed by atoms with Crippen LogP contribution in [0.1, 0.15) is 77.2 Å². The molecule has 4 rings (SSSR count). The maximum Gasteiger partial charge on any atom is 0.318 e. The third-order valence-electron chi connectivity index (χ3n) is 8.10. The summed E-state index contributed by atoms with van der Waals surface area (Å²) in [6.07, 6.45) is 11.1. The first kappa shape index (κ1) is 33.0. The molecule has 41 heavy (non-hydrogen) atoms. The quantitative estimate of drug-likeness (QED) is 0.294. The molecule has 1 aliphatic heterocycles. The molecule has 2 amide bonds. The second-order valence-corrected chi connectivity index (χ2v) is 13.5. The van der Waals surface area contributed by atoms with Gasteiger partial charge in [-0.05, 0) is 81.0 Å². The average molecular weight is 607 g/mol. The molecule has 0 aromatic heterocycles. The number of ether oxygens (including phenoxy) is 1. The number of urea groups is 1. The van der Waals surface area contributed by atoms with Crippen LogP contribution in [-0.4, -0.2) is 61.7 Å². The van der Waals surface area contributed by atoms with Crippen LogP contribution in [0.2, 0.25) is 0 Å². The molecule has 0 bridgehead atoms. The fourth-order valence-electron chi connectivity index (χ4n) is 5.82. The van der Waals surface area contributed by atoms with Gasteiger partial charge >= 0.3 is 6.03 Å². The van der Waals surface area contributed by atoms with Crippen molar-refractivity contribution in [1.82, 2.24) is 15.1 Å². The van der Waals surface area contributed by atoms with E-state index in [1.807, 2.05) is 12.1 Å². The summed E-state index contributed by atoms with van der Waals surface area (Å²) in [6, 6.07) is 15.4. The lowest BCUT2D eigenvalue weighted by Crippen LogP contribution is -2.56. The number of halogens is 1. The molecule has 2 fully saturated rings. The highest BCUT2D eigenvalue weighted by atomic mass is 35.5. The Morgan fingerprint density at radius 3 is 2.15 bits per heavy atom. The maximum atomic E-state index is 13.4. The van der Waals surface area contributed by atoms with Gasteiger partial charge < -0.3 is 15.0 Å². The minimum atomic E-state index is -3.30. The molecule has 1 aliphatic carbocycles. The zero-order valence-electron chi connectivity index (χ0n) is 24.7. The third kappa shape index (κ3) is 10.4. The maximum absolute atomic E-state index is 13.4. The van der Waals surface area contributed by atoms with Gasteiger partial charge in [0.15, 0.2) is 0 Å². The minimum absolute atomic E-state index is 0. The number of hydrogen-bond acceptors (Lipinski definition) is 5. The number of benzene rings is 2. The monoisotopic (exact) mass is 606 g/mol. The number of carbonyl (C=O) groups excluding carboxylic acids is 1. The number of nitrogens with zero attached hydrogens (tertiary/aromatic N) is 2. The summed E-state index contributed by atoms with van der Waals surface area (Å²) in [5.74, 6) is 1.37. The van der Waals surface area contributed by atoms with Crippen molar-refractivity contribution < 1.29 is 17.9 Å². The topological polar surface area (TPSA) is 91.0 Å². The molecule has 2 N–H and O–H groups in total. The number of sulfonamides is 1. The summed E-state index contributed by atoms with van der Waals surface area (Å²) >= 11 is 0. The molecule has 2 aromatic carbocycles. The summed E-state index contributed by atoms with van der Waals surface area (Å²) < 4.78 is 31.1. The van der Waals surface area contributed by atoms with E-state index >= 15 is 0 Å². The first-order chi connectivity index (χ1) is 19.1. The molecule has 1 heterocycles. The number of anilines is 1. The third-order valence-corrected chi connectivity index (χ3v) is 8.71. The summed E-state index contributed by atoms with van der Waals surface area (Å²) in [7, 11) is -3.30. The number of unbranched alkanes of at least 4 members (excludes halogenated alkanes) is 1. The normalized spacial score (nSPS) is 17.7. The van der Waals surface area contributed by atoms with Crippen LogP contribution in [0.5, 0.6) is 11.5 Å². The highest BCUT2D eigenvalue weighted by Crippen LogP contribution is 2.29. The number of piperidine rings is 1. The smallest absolute Gasteiger partial charge is 0.318 e. The molecule has 8 nitrogen and oxygen atoms in total. The lowest BCUT2D eigenvalue weighted by molar-refractivity contribution is 0.108. The van der Waals surface area contributed by atoms with Gasteiger partial charge in [-0.3, -0.25) is 9.62 Å². The van der Waals surface area contributed by atoms with E-state index in [0.717, 1.165) is 76.7 Å². The van der Waals surface area contributed by atoms with Gasteiger partial charge in [0.2, 0.25) is 10.0 Å². The van der Waals surface area contributed by atoms with Gasteiger partial charge in [0, 0.05) is 43.4 Å². The highest BCUT2D eigenvalue weighted by molar-refractivity contribution is 7.92. The van der Waals surface area contributed by atoms with E-state index < -0.39 is 10.0 Å². The zero-order chi connectivity index (χ0) is 28.6. The van der Waals surface area contributed by atoms with Crippen LogP contribution < -0.4 is 14.8 Å². The van der Waals surface area contributed by atoms with E-state index in [2.05, 4.69) is 45.8 Å². The second-order valence-electron chi connectivity index (χ2n) is 11.8. The summed E-state index contributed by atoms with van der Waals surface area (Å²) in [6.45, 7) is 8.07. The summed E-state index contributed by atoms with van der Waals surface area (Å²) in [4.78, 5) is 18.0. The number of nitrogens with one attached hydrogen (secondary N) is 2. The van der Waals surface area contributed by atoms with Crippen molar-refractivity contribution in [3.8, 4) is 11.5 Å². The van der Waals surface area contributed by atoms with E-state index in [1.54, 1.807) is 24.3 Å². The van der Waals surface area contributed by atoms with Gasteiger partial charge in [0.1, 0.15) is 11.5 Å². The number of likely N-dealkylation sites (tertiary alicyclic amines) is 1. The molecule has 2 aliphatic rings. The molecule has 0 radical (unpaired) electrons. The summed E-state index contributed by atoms with van der Waals surface area (Å²) in [5, 5.41) is 3.42. The highest BCUT2D eigenvalue weighted by Gasteiger charge is 2.33. The predicted octanol–water partition coefficient (Wildman–Crippen LogP) is 6.77. The molecule has 0 spiro atoms. The Hall–Kier alpha value is -2.49. The van der Waals surface area contributed by atoms with Crippen molar-refractivity contribution in [2.24, 2.45) is 0 Å². The molecule has 0 atom stereocenters. The molecular formula is C31H47ClN4O4S. The summed E-state index contributed by atoms with van der Waals surface area (Å²) in [5.41, 5.74) is 1.67. The Bertz CT molecular complexity index is 1190. The standard InChI is InChI=1S/C31H46N4O4S.ClH/c1-4-5-21-35(30(36)32-31(2)19-7-6-8-20-31)27-17-22-34(23-18-27)24-25-9-13-28(14-10-25)39-29-15-11-26(12-16-29)33-40(3,37)38;/h9-16,27,33H,4-8,17-24H2,1-3H3,(H,32,36);1H. The SMILES string of the molecule is CCCCN(C(=O)NC1(C)CCCCC1)C1CCN(Cc2ccc(Oc3ccc(NS(C)(=O)=O)cc3)cc2)CC1.Cl. The lowest BCUT2D eigenvalue weighted by Gasteiger charge is -2.41. The minimum Gasteiger partial charge on any atom is -0.457 e. The molecule has 0 unspecified atom stereocenters. The van der Waals surface area contributed by atoms with Gasteiger partial charge in [-0.15, -0.1) is 12.4 Å². The zero-order valence-corrected chi connectivity index (χ0v) is 26.4. The van der Waals surface area contributed by atoms with Gasteiger partial charge in [-0.25, -0.2) is 13.2 Å². The number of amides is 2. The van der Waals surface area contributed by atoms with Crippen LogP contribution in [0, 0.1) is 0 Å². The van der Waals surface area contributed by atoms with E-state index in [0.29, 0.717) is 17.5 Å². The Labute approximate surface area is 252 Å². The fourth-order valence-corrected chi connectivity index (χ4v) is 6.38. The second kappa shape index (κ2) is 15.1. The van der Waals surface area contributed by atoms with Gasteiger partial charge in [0.05, 0.1) is 6.26 Å². The number of carbonyl (C=O) groups is 1. The van der Waals surface area contributed by atoms with Gasteiger partial charge in [-0.1, -0.05) is 44.7 Å². The number of rotatable bonds is 11. The van der Waals surface area contributed by atoms with Crippen molar-refractivity contribution in [1.29, 1.82) is 0 Å². The van der Waals surface area contributed by atoms with Crippen molar-refractivity contribution in [2.75, 3.05) is 30.6 Å². The Morgan fingerprint density at radius 2 is 1.59 bits per heavy atom. The molecule has 10 heteroatoms. The van der Waals surface area contributed by atoms with Gasteiger partial charge in [-0.2, -0.15) is 0 Å². The average Bonchev–Trinajstić information content (AvgIpc) is 2.91. The first-order valence-electron chi connectivity index (χ1n) is 14.8. The van der Waals surface area contributed by atoms with Crippen LogP contribution in [0.25, 0.3) is 0 Å². The van der Waals surface area contributed by atoms with Crippen LogP contribution in [0.3, 0.4) is 0 Å². The largest absolute Gasteiger partial charge is 0.457 e. The fraction of sp³-hybridized carbons (Fsp3) is 0.581. The van der Waals surface area contributed by atoms with E-state index in [4.69, 9.17) is 4.74 Å². The first-order valence-corrected chi connectivity index (χ1v) is 16.7. The number of hydrogen-bond donors (Lipinski definition) is 2.